The summed E-state index contributed by atoms with van der Waals surface area (Å²) in [5.74, 6) is -1.16. The molecule has 3 aromatic carbocycles. The highest BCUT2D eigenvalue weighted by Crippen LogP contribution is 2.35. The van der Waals surface area contributed by atoms with E-state index in [0.29, 0.717) is 6.07 Å². The molecule has 1 N–H and O–H groups in total. The summed E-state index contributed by atoms with van der Waals surface area (Å²) in [7, 11) is 0. The summed E-state index contributed by atoms with van der Waals surface area (Å²) in [4.78, 5) is 23.1. The van der Waals surface area contributed by atoms with Gasteiger partial charge in [0, 0.05) is 12.6 Å². The normalized spacial score (nSPS) is 11.2. The molecule has 0 unspecified atom stereocenters. The van der Waals surface area contributed by atoms with Crippen molar-refractivity contribution in [2.45, 2.75) is 12.1 Å². The number of carbonyl (C=O) groups is 1. The molecule has 0 heterocycles. The number of esters is 1. The number of nitro benzene ring substituents is 1. The van der Waals surface area contributed by atoms with Gasteiger partial charge in [0.15, 0.2) is 0 Å². The van der Waals surface area contributed by atoms with E-state index in [1.807, 2.05) is 60.7 Å². The maximum absolute atomic E-state index is 12.8. The van der Waals surface area contributed by atoms with Crippen LogP contribution in [0.1, 0.15) is 22.6 Å². The van der Waals surface area contributed by atoms with Gasteiger partial charge in [-0.05, 0) is 23.3 Å². The maximum atomic E-state index is 12.8. The summed E-state index contributed by atoms with van der Waals surface area (Å²) in [6.45, 7) is -0.151. The lowest BCUT2D eigenvalue weighted by atomic mass is 9.91. The van der Waals surface area contributed by atoms with E-state index in [9.17, 15) is 28.1 Å². The number of hydrogen-bond acceptors (Lipinski definition) is 5. The highest BCUT2D eigenvalue weighted by molar-refractivity contribution is 5.82. The number of anilines is 1. The van der Waals surface area contributed by atoms with Crippen molar-refractivity contribution in [3.8, 4) is 0 Å². The predicted molar refractivity (Wildman–Crippen MR) is 112 cm³/mol. The molecule has 0 radical (unpaired) electrons. The van der Waals surface area contributed by atoms with Gasteiger partial charge in [0.1, 0.15) is 18.2 Å². The molecule has 0 saturated heterocycles. The molecule has 0 atom stereocenters. The molecule has 32 heavy (non-hydrogen) atoms. The Balaban J connectivity index is 1.67. The van der Waals surface area contributed by atoms with Crippen molar-refractivity contribution in [1.29, 1.82) is 0 Å². The van der Waals surface area contributed by atoms with Crippen LogP contribution in [0.2, 0.25) is 0 Å². The second-order valence-electron chi connectivity index (χ2n) is 6.84. The first-order valence-electron chi connectivity index (χ1n) is 9.63. The Morgan fingerprint density at radius 3 is 2.03 bits per heavy atom. The quantitative estimate of drug-likeness (QED) is 0.218. The average molecular weight is 444 g/mol. The molecule has 166 valence electrons. The number of halogens is 3. The van der Waals surface area contributed by atoms with Crippen LogP contribution in [-0.2, 0) is 15.7 Å². The van der Waals surface area contributed by atoms with Gasteiger partial charge in [-0.3, -0.25) is 14.9 Å². The van der Waals surface area contributed by atoms with E-state index in [2.05, 4.69) is 5.32 Å². The number of rotatable bonds is 8. The third-order valence-electron chi connectivity index (χ3n) is 4.69. The fourth-order valence-corrected chi connectivity index (χ4v) is 3.18. The van der Waals surface area contributed by atoms with Crippen molar-refractivity contribution in [2.24, 2.45) is 0 Å². The zero-order valence-corrected chi connectivity index (χ0v) is 16.7. The van der Waals surface area contributed by atoms with E-state index in [0.717, 1.165) is 23.3 Å². The Kier molecular flexibility index (Phi) is 7.09. The SMILES string of the molecule is O=C(OCCNc1ccc(C(F)(F)F)cc1[N+](=O)[O-])C(c1ccccc1)c1ccccc1. The van der Waals surface area contributed by atoms with Crippen LogP contribution in [0.15, 0.2) is 78.9 Å². The largest absolute Gasteiger partial charge is 0.463 e. The van der Waals surface area contributed by atoms with Crippen LogP contribution in [-0.4, -0.2) is 24.0 Å². The van der Waals surface area contributed by atoms with Crippen LogP contribution >= 0.6 is 0 Å². The molecule has 3 aromatic rings. The molecule has 0 bridgehead atoms. The third-order valence-corrected chi connectivity index (χ3v) is 4.69. The lowest BCUT2D eigenvalue weighted by Gasteiger charge is -2.17. The molecule has 6 nitrogen and oxygen atoms in total. The Hall–Kier alpha value is -3.88. The van der Waals surface area contributed by atoms with E-state index in [1.54, 1.807) is 0 Å². The lowest BCUT2D eigenvalue weighted by Crippen LogP contribution is -2.21. The topological polar surface area (TPSA) is 81.5 Å². The minimum atomic E-state index is -4.69. The molecule has 0 aliphatic carbocycles. The van der Waals surface area contributed by atoms with Gasteiger partial charge in [0.25, 0.3) is 5.69 Å². The van der Waals surface area contributed by atoms with Gasteiger partial charge in [-0.25, -0.2) is 0 Å². The van der Waals surface area contributed by atoms with Gasteiger partial charge in [0.05, 0.1) is 10.5 Å². The third kappa shape index (κ3) is 5.63. The number of nitrogens with zero attached hydrogens (tertiary/aromatic N) is 1. The summed E-state index contributed by atoms with van der Waals surface area (Å²) < 4.78 is 43.8. The second-order valence-corrected chi connectivity index (χ2v) is 6.84. The second kappa shape index (κ2) is 9.95. The minimum Gasteiger partial charge on any atom is -0.463 e. The van der Waals surface area contributed by atoms with E-state index in [4.69, 9.17) is 4.74 Å². The van der Waals surface area contributed by atoms with E-state index in [-0.39, 0.29) is 18.8 Å². The summed E-state index contributed by atoms with van der Waals surface area (Å²) in [5.41, 5.74) is -0.431. The number of ether oxygens (including phenoxy) is 1. The van der Waals surface area contributed by atoms with Crippen LogP contribution in [0.4, 0.5) is 24.5 Å². The maximum Gasteiger partial charge on any atom is 0.416 e. The number of hydrogen-bond donors (Lipinski definition) is 1. The summed E-state index contributed by atoms with van der Waals surface area (Å²) in [6.07, 6.45) is -4.69. The van der Waals surface area contributed by atoms with E-state index < -0.39 is 34.2 Å². The van der Waals surface area contributed by atoms with Crippen LogP contribution < -0.4 is 5.32 Å². The number of nitrogens with one attached hydrogen (secondary N) is 1. The molecule has 0 saturated carbocycles. The number of benzene rings is 3. The number of nitro groups is 1. The first kappa shape index (κ1) is 22.8. The highest BCUT2D eigenvalue weighted by Gasteiger charge is 2.33. The predicted octanol–water partition coefficient (Wildman–Crippen LogP) is 5.40. The summed E-state index contributed by atoms with van der Waals surface area (Å²) >= 11 is 0. The fourth-order valence-electron chi connectivity index (χ4n) is 3.18. The summed E-state index contributed by atoms with van der Waals surface area (Å²) in [5, 5.41) is 13.8. The Labute approximate surface area is 181 Å². The van der Waals surface area contributed by atoms with Crippen LogP contribution in [0.25, 0.3) is 0 Å². The van der Waals surface area contributed by atoms with Crippen LogP contribution in [0, 0.1) is 10.1 Å². The average Bonchev–Trinajstić information content (AvgIpc) is 2.77. The van der Waals surface area contributed by atoms with Crippen molar-refractivity contribution < 1.29 is 27.6 Å². The van der Waals surface area contributed by atoms with Gasteiger partial charge in [-0.1, -0.05) is 60.7 Å². The Morgan fingerprint density at radius 1 is 0.969 bits per heavy atom. The molecule has 0 aliphatic rings. The minimum absolute atomic E-state index is 0.0196. The lowest BCUT2D eigenvalue weighted by molar-refractivity contribution is -0.384. The molecule has 0 amide bonds. The first-order chi connectivity index (χ1) is 15.3. The van der Waals surface area contributed by atoms with Gasteiger partial charge >= 0.3 is 12.1 Å². The standard InChI is InChI=1S/C23H19F3N2O4/c24-23(25,26)18-11-12-19(20(15-18)28(30)31)27-13-14-32-22(29)21(16-7-3-1-4-8-16)17-9-5-2-6-10-17/h1-12,15,21,27H,13-14H2. The zero-order chi connectivity index (χ0) is 23.1. The molecular formula is C23H19F3N2O4. The zero-order valence-electron chi connectivity index (χ0n) is 16.7. The van der Waals surface area contributed by atoms with E-state index in [1.165, 1.54) is 0 Å². The molecule has 0 aliphatic heterocycles. The molecule has 3 rings (SSSR count). The van der Waals surface area contributed by atoms with Gasteiger partial charge in [-0.2, -0.15) is 13.2 Å². The van der Waals surface area contributed by atoms with Gasteiger partial charge in [0.2, 0.25) is 0 Å². The van der Waals surface area contributed by atoms with Gasteiger partial charge in [-0.15, -0.1) is 0 Å². The molecule has 0 spiro atoms. The van der Waals surface area contributed by atoms with E-state index >= 15 is 0 Å². The molecule has 0 fully saturated rings. The van der Waals surface area contributed by atoms with Crippen molar-refractivity contribution in [2.75, 3.05) is 18.5 Å². The molecular weight excluding hydrogens is 425 g/mol. The van der Waals surface area contributed by atoms with Gasteiger partial charge < -0.3 is 10.1 Å². The highest BCUT2D eigenvalue weighted by atomic mass is 19.4. The van der Waals surface area contributed by atoms with Crippen LogP contribution in [0.3, 0.4) is 0 Å². The smallest absolute Gasteiger partial charge is 0.416 e. The Morgan fingerprint density at radius 2 is 1.53 bits per heavy atom. The van der Waals surface area contributed by atoms with Crippen molar-refractivity contribution in [3.05, 3.63) is 106 Å². The molecule has 9 heteroatoms. The van der Waals surface area contributed by atoms with Crippen molar-refractivity contribution in [3.63, 3.8) is 0 Å². The van der Waals surface area contributed by atoms with Crippen LogP contribution in [0.5, 0.6) is 0 Å². The van der Waals surface area contributed by atoms with Crippen molar-refractivity contribution >= 4 is 17.3 Å². The monoisotopic (exact) mass is 444 g/mol. The summed E-state index contributed by atoms with van der Waals surface area (Å²) in [6, 6.07) is 20.3. The molecule has 0 aromatic heterocycles. The Bertz CT molecular complexity index is 1030. The number of alkyl halides is 3. The van der Waals surface area contributed by atoms with Crippen molar-refractivity contribution in [1.82, 2.24) is 0 Å². The number of carbonyl (C=O) groups excluding carboxylic acids is 1. The fraction of sp³-hybridized carbons (Fsp3) is 0.174. The first-order valence-corrected chi connectivity index (χ1v) is 9.63.